The van der Waals surface area contributed by atoms with Crippen molar-refractivity contribution < 1.29 is 16.8 Å². The first kappa shape index (κ1) is 16.2. The van der Waals surface area contributed by atoms with E-state index in [1.165, 1.54) is 24.3 Å². The maximum atomic E-state index is 12.8. The van der Waals surface area contributed by atoms with Crippen molar-refractivity contribution in [3.05, 3.63) is 60.7 Å². The third-order valence-corrected chi connectivity index (χ3v) is 9.57. The highest BCUT2D eigenvalue weighted by Crippen LogP contribution is 2.57. The molecule has 6 heteroatoms. The first-order valence-electron chi connectivity index (χ1n) is 7.28. The van der Waals surface area contributed by atoms with Gasteiger partial charge in [0, 0.05) is 5.41 Å². The van der Waals surface area contributed by atoms with Crippen LogP contribution in [0.5, 0.6) is 0 Å². The molecule has 3 rings (SSSR count). The van der Waals surface area contributed by atoms with Crippen LogP contribution in [0.2, 0.25) is 0 Å². The van der Waals surface area contributed by atoms with Crippen molar-refractivity contribution in [3.63, 3.8) is 0 Å². The van der Waals surface area contributed by atoms with Gasteiger partial charge in [0.2, 0.25) is 0 Å². The molecule has 1 aliphatic rings. The second kappa shape index (κ2) is 5.18. The van der Waals surface area contributed by atoms with E-state index in [2.05, 4.69) is 0 Å². The standard InChI is InChI=1S/C17H18O4S2/c1-17(2)15(22(18,19)13-9-5-3-6-10-13)16(17)23(20,21)14-11-7-4-8-12-14/h3-12,15-16H,1-2H3. The van der Waals surface area contributed by atoms with Gasteiger partial charge in [-0.05, 0) is 24.3 Å². The van der Waals surface area contributed by atoms with Gasteiger partial charge < -0.3 is 0 Å². The van der Waals surface area contributed by atoms with E-state index in [0.29, 0.717) is 0 Å². The topological polar surface area (TPSA) is 68.3 Å². The van der Waals surface area contributed by atoms with Crippen LogP contribution in [0.1, 0.15) is 13.8 Å². The van der Waals surface area contributed by atoms with Gasteiger partial charge in [-0.15, -0.1) is 0 Å². The fourth-order valence-corrected chi connectivity index (χ4v) is 8.90. The minimum absolute atomic E-state index is 0.170. The molecule has 1 saturated carbocycles. The van der Waals surface area contributed by atoms with Crippen molar-refractivity contribution >= 4 is 19.7 Å². The summed E-state index contributed by atoms with van der Waals surface area (Å²) in [4.78, 5) is 0.340. The Kier molecular flexibility index (Phi) is 3.65. The molecule has 23 heavy (non-hydrogen) atoms. The largest absolute Gasteiger partial charge is 0.223 e. The molecular weight excluding hydrogens is 332 g/mol. The second-order valence-electron chi connectivity index (χ2n) is 6.38. The van der Waals surface area contributed by atoms with Crippen LogP contribution in [0.15, 0.2) is 70.5 Å². The molecule has 2 atom stereocenters. The van der Waals surface area contributed by atoms with Gasteiger partial charge >= 0.3 is 0 Å². The van der Waals surface area contributed by atoms with Crippen LogP contribution < -0.4 is 0 Å². The van der Waals surface area contributed by atoms with Gasteiger partial charge in [0.25, 0.3) is 0 Å². The van der Waals surface area contributed by atoms with E-state index in [1.807, 2.05) is 0 Å². The molecular formula is C17H18O4S2. The molecule has 0 bridgehead atoms. The van der Waals surface area contributed by atoms with Crippen LogP contribution in [0.3, 0.4) is 0 Å². The first-order valence-corrected chi connectivity index (χ1v) is 10.4. The minimum atomic E-state index is -3.69. The third kappa shape index (κ3) is 2.50. The zero-order valence-corrected chi connectivity index (χ0v) is 14.5. The Balaban J connectivity index is 2.04. The van der Waals surface area contributed by atoms with Crippen LogP contribution in [-0.4, -0.2) is 27.3 Å². The average Bonchev–Trinajstić information content (AvgIpc) is 3.14. The lowest BCUT2D eigenvalue weighted by Gasteiger charge is -2.05. The molecule has 2 aromatic carbocycles. The summed E-state index contributed by atoms with van der Waals surface area (Å²) in [5.74, 6) is 0. The third-order valence-electron chi connectivity index (χ3n) is 4.44. The Morgan fingerprint density at radius 3 is 1.26 bits per heavy atom. The maximum Gasteiger partial charge on any atom is 0.183 e. The molecule has 1 aliphatic carbocycles. The Morgan fingerprint density at radius 1 is 0.652 bits per heavy atom. The van der Waals surface area contributed by atoms with Crippen LogP contribution >= 0.6 is 0 Å². The lowest BCUT2D eigenvalue weighted by atomic mass is 10.2. The normalized spacial score (nSPS) is 23.4. The summed E-state index contributed by atoms with van der Waals surface area (Å²) in [5.41, 5.74) is -0.816. The zero-order chi connectivity index (χ0) is 16.9. The van der Waals surface area contributed by atoms with E-state index in [-0.39, 0.29) is 9.79 Å². The van der Waals surface area contributed by atoms with Gasteiger partial charge in [-0.1, -0.05) is 50.2 Å². The van der Waals surface area contributed by atoms with Gasteiger partial charge in [0.1, 0.15) is 0 Å². The smallest absolute Gasteiger partial charge is 0.183 e. The highest BCUT2D eigenvalue weighted by molar-refractivity contribution is 7.97. The number of hydrogen-bond acceptors (Lipinski definition) is 4. The number of benzene rings is 2. The van der Waals surface area contributed by atoms with E-state index in [1.54, 1.807) is 50.2 Å². The molecule has 0 amide bonds. The first-order chi connectivity index (χ1) is 10.7. The van der Waals surface area contributed by atoms with Gasteiger partial charge in [0.15, 0.2) is 19.7 Å². The number of sulfone groups is 2. The molecule has 0 aliphatic heterocycles. The Hall–Kier alpha value is -1.66. The SMILES string of the molecule is CC1(C)C(S(=O)(=O)c2ccccc2)C1S(=O)(=O)c1ccccc1. The summed E-state index contributed by atoms with van der Waals surface area (Å²) in [6, 6.07) is 16.1. The van der Waals surface area contributed by atoms with Crippen LogP contribution in [0, 0.1) is 5.41 Å². The summed E-state index contributed by atoms with van der Waals surface area (Å²) in [6.45, 7) is 3.40. The molecule has 0 heterocycles. The van der Waals surface area contributed by atoms with Gasteiger partial charge in [-0.2, -0.15) is 0 Å². The van der Waals surface area contributed by atoms with Crippen molar-refractivity contribution in [2.75, 3.05) is 0 Å². The fraction of sp³-hybridized carbons (Fsp3) is 0.294. The highest BCUT2D eigenvalue weighted by atomic mass is 32.2. The lowest BCUT2D eigenvalue weighted by molar-refractivity contribution is 0.573. The molecule has 2 unspecified atom stereocenters. The molecule has 0 aromatic heterocycles. The van der Waals surface area contributed by atoms with Gasteiger partial charge in [-0.25, -0.2) is 16.8 Å². The number of rotatable bonds is 4. The molecule has 1 fully saturated rings. The van der Waals surface area contributed by atoms with Crippen molar-refractivity contribution in [2.24, 2.45) is 5.41 Å². The number of hydrogen-bond donors (Lipinski definition) is 0. The molecule has 0 radical (unpaired) electrons. The van der Waals surface area contributed by atoms with Crippen molar-refractivity contribution in [3.8, 4) is 0 Å². The predicted octanol–water partition coefficient (Wildman–Crippen LogP) is 2.71. The van der Waals surface area contributed by atoms with E-state index in [0.717, 1.165) is 0 Å². The van der Waals surface area contributed by atoms with Crippen LogP contribution in [0.4, 0.5) is 0 Å². The summed E-state index contributed by atoms with van der Waals surface area (Å²) >= 11 is 0. The zero-order valence-electron chi connectivity index (χ0n) is 12.9. The molecule has 0 N–H and O–H groups in total. The van der Waals surface area contributed by atoms with Crippen molar-refractivity contribution in [1.82, 2.24) is 0 Å². The Bertz CT molecular complexity index is 838. The summed E-state index contributed by atoms with van der Waals surface area (Å²) in [6.07, 6.45) is 0. The molecule has 122 valence electrons. The maximum absolute atomic E-state index is 12.8. The highest BCUT2D eigenvalue weighted by Gasteiger charge is 2.70. The fourth-order valence-electron chi connectivity index (χ4n) is 3.18. The molecule has 2 aromatic rings. The lowest BCUT2D eigenvalue weighted by Crippen LogP contribution is -2.17. The summed E-state index contributed by atoms with van der Waals surface area (Å²) in [7, 11) is -7.39. The van der Waals surface area contributed by atoms with Gasteiger partial charge in [0.05, 0.1) is 20.3 Å². The van der Waals surface area contributed by atoms with Crippen molar-refractivity contribution in [2.45, 2.75) is 34.1 Å². The van der Waals surface area contributed by atoms with E-state index < -0.39 is 35.6 Å². The predicted molar refractivity (Wildman–Crippen MR) is 88.6 cm³/mol. The molecule has 4 nitrogen and oxygen atoms in total. The van der Waals surface area contributed by atoms with Crippen LogP contribution in [-0.2, 0) is 19.7 Å². The molecule has 0 spiro atoms. The van der Waals surface area contributed by atoms with E-state index in [9.17, 15) is 16.8 Å². The quantitative estimate of drug-likeness (QED) is 0.850. The average molecular weight is 350 g/mol. The van der Waals surface area contributed by atoms with Gasteiger partial charge in [-0.3, -0.25) is 0 Å². The Labute approximate surface area is 137 Å². The second-order valence-corrected chi connectivity index (χ2v) is 10.5. The van der Waals surface area contributed by atoms with E-state index >= 15 is 0 Å². The minimum Gasteiger partial charge on any atom is -0.223 e. The van der Waals surface area contributed by atoms with Crippen LogP contribution in [0.25, 0.3) is 0 Å². The van der Waals surface area contributed by atoms with E-state index in [4.69, 9.17) is 0 Å². The van der Waals surface area contributed by atoms with Crippen molar-refractivity contribution in [1.29, 1.82) is 0 Å². The monoisotopic (exact) mass is 350 g/mol. The Morgan fingerprint density at radius 2 is 0.957 bits per heavy atom. The molecule has 0 saturated heterocycles. The summed E-state index contributed by atoms with van der Waals surface area (Å²) < 4.78 is 51.3. The summed E-state index contributed by atoms with van der Waals surface area (Å²) in [5, 5.41) is -1.86.